The molecule has 4 heteroatoms. The number of benzene rings is 3. The number of rotatable bonds is 6. The Kier molecular flexibility index (Phi) is 5.22. The molecule has 25 heavy (non-hydrogen) atoms. The molecule has 0 aliphatic heterocycles. The Hall–Kier alpha value is -3.40. The molecule has 0 bridgehead atoms. The van der Waals surface area contributed by atoms with Crippen LogP contribution < -0.4 is 10.2 Å². The summed E-state index contributed by atoms with van der Waals surface area (Å²) in [5.74, 6) is 0.432. The van der Waals surface area contributed by atoms with Gasteiger partial charge in [-0.05, 0) is 29.0 Å². The lowest BCUT2D eigenvalue weighted by Gasteiger charge is -2.10. The first-order valence-corrected chi connectivity index (χ1v) is 7.93. The van der Waals surface area contributed by atoms with Crippen LogP contribution in [0.2, 0.25) is 0 Å². The van der Waals surface area contributed by atoms with Crippen molar-refractivity contribution in [2.45, 2.75) is 0 Å². The number of ether oxygens (including phenoxy) is 1. The third-order valence-corrected chi connectivity index (χ3v) is 3.68. The molecule has 3 rings (SSSR count). The summed E-state index contributed by atoms with van der Waals surface area (Å²) in [6.45, 7) is 4.07. The van der Waals surface area contributed by atoms with E-state index < -0.39 is 0 Å². The summed E-state index contributed by atoms with van der Waals surface area (Å²) < 4.78 is 5.71. The van der Waals surface area contributed by atoms with Crippen molar-refractivity contribution in [3.63, 3.8) is 0 Å². The van der Waals surface area contributed by atoms with Crippen LogP contribution in [0.3, 0.4) is 0 Å². The lowest BCUT2D eigenvalue weighted by atomic mass is 10.0. The zero-order valence-electron chi connectivity index (χ0n) is 13.7. The second-order valence-electron chi connectivity index (χ2n) is 5.36. The molecule has 4 nitrogen and oxygen atoms in total. The van der Waals surface area contributed by atoms with Crippen molar-refractivity contribution in [2.24, 2.45) is 5.10 Å². The van der Waals surface area contributed by atoms with E-state index in [4.69, 9.17) is 4.74 Å². The maximum Gasteiger partial charge on any atom is 0.271 e. The average molecular weight is 330 g/mol. The van der Waals surface area contributed by atoms with Crippen molar-refractivity contribution in [1.82, 2.24) is 5.43 Å². The van der Waals surface area contributed by atoms with E-state index in [9.17, 15) is 4.79 Å². The molecule has 1 amide bonds. The number of hydrogen-bond donors (Lipinski definition) is 1. The Bertz CT molecular complexity index is 918. The first-order chi connectivity index (χ1) is 12.3. The predicted molar refractivity (Wildman–Crippen MR) is 101 cm³/mol. The van der Waals surface area contributed by atoms with Crippen LogP contribution in [-0.2, 0) is 0 Å². The van der Waals surface area contributed by atoms with E-state index in [0.29, 0.717) is 17.9 Å². The number of hydrogen-bond acceptors (Lipinski definition) is 3. The summed E-state index contributed by atoms with van der Waals surface area (Å²) in [4.78, 5) is 12.1. The van der Waals surface area contributed by atoms with Gasteiger partial charge >= 0.3 is 0 Å². The maximum absolute atomic E-state index is 12.1. The molecule has 0 spiro atoms. The summed E-state index contributed by atoms with van der Waals surface area (Å²) in [5, 5.41) is 6.18. The molecule has 0 saturated carbocycles. The zero-order valence-corrected chi connectivity index (χ0v) is 13.7. The molecule has 0 aliphatic rings. The monoisotopic (exact) mass is 330 g/mol. The predicted octanol–water partition coefficient (Wildman–Crippen LogP) is 4.17. The minimum Gasteiger partial charge on any atom is -0.489 e. The standard InChI is InChI=1S/C21H18N2O2/c1-2-14-25-20-13-12-16-8-6-7-11-18(16)19(20)15-22-23-21(24)17-9-4-3-5-10-17/h2-13,15H,1,14H2,(H,23,24). The van der Waals surface area contributed by atoms with Crippen LogP contribution in [0, 0.1) is 0 Å². The molecule has 0 saturated heterocycles. The topological polar surface area (TPSA) is 50.7 Å². The van der Waals surface area contributed by atoms with E-state index in [-0.39, 0.29) is 5.91 Å². The maximum atomic E-state index is 12.1. The summed E-state index contributed by atoms with van der Waals surface area (Å²) >= 11 is 0. The molecule has 0 atom stereocenters. The van der Waals surface area contributed by atoms with Crippen LogP contribution in [0.15, 0.2) is 84.5 Å². The van der Waals surface area contributed by atoms with E-state index in [1.54, 1.807) is 24.4 Å². The van der Waals surface area contributed by atoms with Crippen LogP contribution in [0.5, 0.6) is 5.75 Å². The van der Waals surface area contributed by atoms with Gasteiger partial charge in [-0.25, -0.2) is 5.43 Å². The highest BCUT2D eigenvalue weighted by Gasteiger charge is 2.07. The van der Waals surface area contributed by atoms with Crippen molar-refractivity contribution < 1.29 is 9.53 Å². The third-order valence-electron chi connectivity index (χ3n) is 3.68. The zero-order chi connectivity index (χ0) is 17.5. The fourth-order valence-electron chi connectivity index (χ4n) is 2.49. The number of amides is 1. The van der Waals surface area contributed by atoms with Gasteiger partial charge < -0.3 is 4.74 Å². The average Bonchev–Trinajstić information content (AvgIpc) is 2.67. The van der Waals surface area contributed by atoms with Crippen molar-refractivity contribution in [3.05, 3.63) is 90.5 Å². The van der Waals surface area contributed by atoms with Crippen LogP contribution in [0.1, 0.15) is 15.9 Å². The van der Waals surface area contributed by atoms with Gasteiger partial charge in [0, 0.05) is 11.1 Å². The molecule has 0 fully saturated rings. The van der Waals surface area contributed by atoms with Gasteiger partial charge in [-0.2, -0.15) is 5.10 Å². The van der Waals surface area contributed by atoms with Crippen LogP contribution in [0.4, 0.5) is 0 Å². The van der Waals surface area contributed by atoms with Gasteiger partial charge in [0.25, 0.3) is 5.91 Å². The summed E-state index contributed by atoms with van der Waals surface area (Å²) in [6.07, 6.45) is 3.30. The first-order valence-electron chi connectivity index (χ1n) is 7.93. The number of hydrazone groups is 1. The molecule has 0 aromatic heterocycles. The van der Waals surface area contributed by atoms with Gasteiger partial charge in [-0.3, -0.25) is 4.79 Å². The van der Waals surface area contributed by atoms with Gasteiger partial charge in [0.15, 0.2) is 0 Å². The van der Waals surface area contributed by atoms with Crippen LogP contribution >= 0.6 is 0 Å². The van der Waals surface area contributed by atoms with Crippen molar-refractivity contribution >= 4 is 22.9 Å². The number of carbonyl (C=O) groups is 1. The van der Waals surface area contributed by atoms with E-state index in [1.807, 2.05) is 54.6 Å². The first kappa shape index (κ1) is 16.5. The largest absolute Gasteiger partial charge is 0.489 e. The fraction of sp³-hybridized carbons (Fsp3) is 0.0476. The highest BCUT2D eigenvalue weighted by Crippen LogP contribution is 2.26. The molecule has 124 valence electrons. The lowest BCUT2D eigenvalue weighted by Crippen LogP contribution is -2.17. The number of carbonyl (C=O) groups excluding carboxylic acids is 1. The Labute approximate surface area is 146 Å². The minimum atomic E-state index is -0.259. The SMILES string of the molecule is C=CCOc1ccc2ccccc2c1C=NNC(=O)c1ccccc1. The van der Waals surface area contributed by atoms with E-state index >= 15 is 0 Å². The van der Waals surface area contributed by atoms with Crippen molar-refractivity contribution in [3.8, 4) is 5.75 Å². The van der Waals surface area contributed by atoms with Gasteiger partial charge in [0.2, 0.25) is 0 Å². The van der Waals surface area contributed by atoms with Gasteiger partial charge in [-0.1, -0.05) is 61.2 Å². The second kappa shape index (κ2) is 7.93. The van der Waals surface area contributed by atoms with E-state index in [0.717, 1.165) is 16.3 Å². The Morgan fingerprint density at radius 3 is 2.60 bits per heavy atom. The van der Waals surface area contributed by atoms with Crippen LogP contribution in [-0.4, -0.2) is 18.7 Å². The molecule has 0 heterocycles. The second-order valence-corrected chi connectivity index (χ2v) is 5.36. The lowest BCUT2D eigenvalue weighted by molar-refractivity contribution is 0.0955. The van der Waals surface area contributed by atoms with E-state index in [1.165, 1.54) is 0 Å². The van der Waals surface area contributed by atoms with Crippen molar-refractivity contribution in [1.29, 1.82) is 0 Å². The molecular formula is C21H18N2O2. The molecule has 3 aromatic rings. The molecule has 0 aliphatic carbocycles. The quantitative estimate of drug-likeness (QED) is 0.419. The Balaban J connectivity index is 1.88. The number of fused-ring (bicyclic) bond motifs is 1. The highest BCUT2D eigenvalue weighted by atomic mass is 16.5. The van der Waals surface area contributed by atoms with Crippen molar-refractivity contribution in [2.75, 3.05) is 6.61 Å². The normalized spacial score (nSPS) is 10.7. The molecule has 3 aromatic carbocycles. The summed E-state index contributed by atoms with van der Waals surface area (Å²) in [7, 11) is 0. The Morgan fingerprint density at radius 2 is 1.80 bits per heavy atom. The molecule has 0 unspecified atom stereocenters. The van der Waals surface area contributed by atoms with Gasteiger partial charge in [0.1, 0.15) is 12.4 Å². The highest BCUT2D eigenvalue weighted by molar-refractivity contribution is 6.03. The Morgan fingerprint density at radius 1 is 1.04 bits per heavy atom. The van der Waals surface area contributed by atoms with E-state index in [2.05, 4.69) is 17.1 Å². The van der Waals surface area contributed by atoms with Gasteiger partial charge in [-0.15, -0.1) is 0 Å². The number of nitrogens with one attached hydrogen (secondary N) is 1. The molecular weight excluding hydrogens is 312 g/mol. The van der Waals surface area contributed by atoms with Crippen LogP contribution in [0.25, 0.3) is 10.8 Å². The number of nitrogens with zero attached hydrogens (tertiary/aromatic N) is 1. The summed E-state index contributed by atoms with van der Waals surface area (Å²) in [6, 6.07) is 20.8. The smallest absolute Gasteiger partial charge is 0.271 e. The van der Waals surface area contributed by atoms with Gasteiger partial charge in [0.05, 0.1) is 6.21 Å². The third kappa shape index (κ3) is 3.93. The summed E-state index contributed by atoms with van der Waals surface area (Å²) in [5.41, 5.74) is 3.92. The fourth-order valence-corrected chi connectivity index (χ4v) is 2.49. The molecule has 0 radical (unpaired) electrons. The molecule has 1 N–H and O–H groups in total. The minimum absolute atomic E-state index is 0.259.